The van der Waals surface area contributed by atoms with Crippen molar-refractivity contribution in [3.63, 3.8) is 0 Å². The van der Waals surface area contributed by atoms with Crippen LogP contribution in [0.3, 0.4) is 0 Å². The van der Waals surface area contributed by atoms with Crippen LogP contribution in [0.5, 0.6) is 0 Å². The van der Waals surface area contributed by atoms with E-state index in [2.05, 4.69) is 62.4 Å². The maximum absolute atomic E-state index is 2.47. The van der Waals surface area contributed by atoms with Crippen LogP contribution in [0.1, 0.15) is 57.9 Å². The molecule has 2 aromatic rings. The topological polar surface area (TPSA) is 0 Å². The molecule has 0 unspecified atom stereocenters. The van der Waals surface area contributed by atoms with Crippen molar-refractivity contribution < 1.29 is 0 Å². The molecule has 0 aliphatic rings. The minimum atomic E-state index is 1.20. The Balaban J connectivity index is 2.37. The normalized spacial score (nSPS) is 12.0. The number of hydrogen-bond acceptors (Lipinski definition) is 0. The molecule has 0 radical (unpaired) electrons. The third kappa shape index (κ3) is 3.72. The fourth-order valence-electron chi connectivity index (χ4n) is 2.70. The van der Waals surface area contributed by atoms with Crippen molar-refractivity contribution in [1.82, 2.24) is 0 Å². The molecular weight excluding hydrogens is 240 g/mol. The second-order valence-electron chi connectivity index (χ2n) is 5.50. The minimum Gasteiger partial charge on any atom is -0.0807 e. The first-order chi connectivity index (χ1) is 9.86. The lowest BCUT2D eigenvalue weighted by Gasteiger charge is -2.11. The molecule has 0 N–H and O–H groups in total. The maximum atomic E-state index is 2.47. The molecular formula is C20H26. The average molecular weight is 266 g/mol. The number of rotatable bonds is 7. The molecule has 0 heterocycles. The van der Waals surface area contributed by atoms with Gasteiger partial charge in [0.15, 0.2) is 0 Å². The van der Waals surface area contributed by atoms with Crippen LogP contribution < -0.4 is 0 Å². The first-order valence-corrected chi connectivity index (χ1v) is 8.04. The van der Waals surface area contributed by atoms with Crippen molar-refractivity contribution in [2.24, 2.45) is 0 Å². The van der Waals surface area contributed by atoms with Gasteiger partial charge >= 0.3 is 0 Å². The Bertz CT molecular complexity index is 558. The summed E-state index contributed by atoms with van der Waals surface area (Å²) in [6.45, 7) is 4.53. The largest absolute Gasteiger partial charge is 0.0807 e. The molecule has 0 saturated carbocycles. The Morgan fingerprint density at radius 3 is 2.45 bits per heavy atom. The summed E-state index contributed by atoms with van der Waals surface area (Å²) >= 11 is 0. The van der Waals surface area contributed by atoms with Crippen molar-refractivity contribution in [3.05, 3.63) is 54.1 Å². The van der Waals surface area contributed by atoms with E-state index in [1.54, 1.807) is 0 Å². The van der Waals surface area contributed by atoms with E-state index in [9.17, 15) is 0 Å². The van der Waals surface area contributed by atoms with Gasteiger partial charge in [-0.3, -0.25) is 0 Å². The van der Waals surface area contributed by atoms with Gasteiger partial charge in [0, 0.05) is 0 Å². The lowest BCUT2D eigenvalue weighted by atomic mass is 9.94. The summed E-state index contributed by atoms with van der Waals surface area (Å²) in [7, 11) is 0. The van der Waals surface area contributed by atoms with Crippen molar-refractivity contribution in [2.45, 2.75) is 52.4 Å². The Labute approximate surface area is 123 Å². The highest BCUT2D eigenvalue weighted by atomic mass is 14.1. The van der Waals surface area contributed by atoms with E-state index in [0.717, 1.165) is 0 Å². The molecule has 0 spiro atoms. The molecule has 2 aromatic carbocycles. The molecule has 2 rings (SSSR count). The van der Waals surface area contributed by atoms with Gasteiger partial charge in [0.2, 0.25) is 0 Å². The Hall–Kier alpha value is -1.56. The monoisotopic (exact) mass is 266 g/mol. The van der Waals surface area contributed by atoms with Gasteiger partial charge in [0.1, 0.15) is 0 Å². The lowest BCUT2D eigenvalue weighted by Crippen LogP contribution is -1.88. The number of unbranched alkanes of at least 4 members (excludes halogenated alkanes) is 3. The van der Waals surface area contributed by atoms with Crippen molar-refractivity contribution in [2.75, 3.05) is 0 Å². The van der Waals surface area contributed by atoms with Crippen molar-refractivity contribution >= 4 is 16.3 Å². The molecule has 0 aliphatic heterocycles. The van der Waals surface area contributed by atoms with Crippen LogP contribution in [0, 0.1) is 0 Å². The Morgan fingerprint density at radius 2 is 1.65 bits per heavy atom. The maximum Gasteiger partial charge on any atom is -0.0109 e. The first kappa shape index (κ1) is 14.8. The van der Waals surface area contributed by atoms with Crippen LogP contribution >= 0.6 is 0 Å². The second-order valence-corrected chi connectivity index (χ2v) is 5.50. The summed E-state index contributed by atoms with van der Waals surface area (Å²) in [6.07, 6.45) is 9.98. The summed E-state index contributed by atoms with van der Waals surface area (Å²) in [5, 5.41) is 2.75. The summed E-state index contributed by atoms with van der Waals surface area (Å²) in [5.74, 6) is 0. The summed E-state index contributed by atoms with van der Waals surface area (Å²) < 4.78 is 0. The van der Waals surface area contributed by atoms with Gasteiger partial charge in [0.25, 0.3) is 0 Å². The van der Waals surface area contributed by atoms with E-state index >= 15 is 0 Å². The van der Waals surface area contributed by atoms with Gasteiger partial charge in [-0.05, 0) is 41.2 Å². The molecule has 0 aromatic heterocycles. The molecule has 0 saturated heterocycles. The minimum absolute atomic E-state index is 1.20. The van der Waals surface area contributed by atoms with Gasteiger partial charge < -0.3 is 0 Å². The zero-order chi connectivity index (χ0) is 14.2. The van der Waals surface area contributed by atoms with E-state index in [0.29, 0.717) is 0 Å². The smallest absolute Gasteiger partial charge is 0.0109 e. The van der Waals surface area contributed by atoms with Gasteiger partial charge in [-0.2, -0.15) is 0 Å². The number of benzene rings is 2. The van der Waals surface area contributed by atoms with Gasteiger partial charge in [-0.1, -0.05) is 81.7 Å². The van der Waals surface area contributed by atoms with E-state index in [1.165, 1.54) is 60.4 Å². The third-order valence-electron chi connectivity index (χ3n) is 3.88. The van der Waals surface area contributed by atoms with Crippen LogP contribution in [0.4, 0.5) is 0 Å². The predicted molar refractivity (Wildman–Crippen MR) is 91.0 cm³/mol. The van der Waals surface area contributed by atoms with Gasteiger partial charge in [-0.15, -0.1) is 0 Å². The molecule has 0 nitrogen and oxygen atoms in total. The van der Waals surface area contributed by atoms with Crippen LogP contribution in [0.25, 0.3) is 16.3 Å². The van der Waals surface area contributed by atoms with Gasteiger partial charge in [0.05, 0.1) is 0 Å². The molecule has 0 heteroatoms. The summed E-state index contributed by atoms with van der Waals surface area (Å²) in [4.78, 5) is 0. The fraction of sp³-hybridized carbons (Fsp3) is 0.400. The van der Waals surface area contributed by atoms with Crippen LogP contribution in [-0.2, 0) is 0 Å². The van der Waals surface area contributed by atoms with E-state index in [4.69, 9.17) is 0 Å². The molecule has 20 heavy (non-hydrogen) atoms. The second kappa shape index (κ2) is 7.89. The molecule has 0 bridgehead atoms. The standard InChI is InChI=1S/C20H26/c1-3-5-7-12-17(11-6-4-2)20-16-10-14-18-13-8-9-15-19(18)20/h8-10,12-16H,3-7,11H2,1-2H3/b17-12+. The lowest BCUT2D eigenvalue weighted by molar-refractivity contribution is 0.801. The SMILES string of the molecule is CCCC/C=C(\CCCC)c1cccc2ccccc12. The molecule has 0 aliphatic carbocycles. The summed E-state index contributed by atoms with van der Waals surface area (Å²) in [5.41, 5.74) is 2.98. The number of hydrogen-bond donors (Lipinski definition) is 0. The highest BCUT2D eigenvalue weighted by molar-refractivity contribution is 5.93. The van der Waals surface area contributed by atoms with Crippen molar-refractivity contribution in [1.29, 1.82) is 0 Å². The van der Waals surface area contributed by atoms with Gasteiger partial charge in [-0.25, -0.2) is 0 Å². The third-order valence-corrected chi connectivity index (χ3v) is 3.88. The van der Waals surface area contributed by atoms with E-state index in [-0.39, 0.29) is 0 Å². The summed E-state index contributed by atoms with van der Waals surface area (Å²) in [6, 6.07) is 15.4. The number of fused-ring (bicyclic) bond motifs is 1. The van der Waals surface area contributed by atoms with E-state index < -0.39 is 0 Å². The highest BCUT2D eigenvalue weighted by Gasteiger charge is 2.05. The zero-order valence-corrected chi connectivity index (χ0v) is 12.9. The molecule has 0 atom stereocenters. The van der Waals surface area contributed by atoms with E-state index in [1.807, 2.05) is 0 Å². The molecule has 106 valence electrons. The first-order valence-electron chi connectivity index (χ1n) is 8.04. The highest BCUT2D eigenvalue weighted by Crippen LogP contribution is 2.29. The molecule has 0 fully saturated rings. The van der Waals surface area contributed by atoms with Crippen LogP contribution in [0.15, 0.2) is 48.5 Å². The Morgan fingerprint density at radius 1 is 0.900 bits per heavy atom. The Kier molecular flexibility index (Phi) is 5.86. The van der Waals surface area contributed by atoms with Crippen LogP contribution in [0.2, 0.25) is 0 Å². The quantitative estimate of drug-likeness (QED) is 0.495. The zero-order valence-electron chi connectivity index (χ0n) is 12.9. The number of allylic oxidation sites excluding steroid dienone is 2. The predicted octanol–water partition coefficient (Wildman–Crippen LogP) is 6.60. The fourth-order valence-corrected chi connectivity index (χ4v) is 2.70. The van der Waals surface area contributed by atoms with Crippen LogP contribution in [-0.4, -0.2) is 0 Å². The average Bonchev–Trinajstić information content (AvgIpc) is 2.50. The molecule has 0 amide bonds. The van der Waals surface area contributed by atoms with Crippen molar-refractivity contribution in [3.8, 4) is 0 Å².